The maximum atomic E-state index is 6.02. The van der Waals surface area contributed by atoms with Crippen molar-refractivity contribution >= 4 is 21.9 Å². The van der Waals surface area contributed by atoms with E-state index in [1.807, 2.05) is 24.7 Å². The van der Waals surface area contributed by atoms with E-state index >= 15 is 0 Å². The van der Waals surface area contributed by atoms with Crippen LogP contribution in [0.25, 0.3) is 44.3 Å². The van der Waals surface area contributed by atoms with E-state index < -0.39 is 0 Å². The van der Waals surface area contributed by atoms with Gasteiger partial charge in [-0.15, -0.1) is 0 Å². The van der Waals surface area contributed by atoms with Crippen molar-refractivity contribution in [2.24, 2.45) is 5.92 Å². The summed E-state index contributed by atoms with van der Waals surface area (Å²) in [7, 11) is 0. The summed E-state index contributed by atoms with van der Waals surface area (Å²) < 4.78 is 6.02. The molecule has 0 fully saturated rings. The molecule has 5 aromatic rings. The first kappa shape index (κ1) is 21.4. The second kappa shape index (κ2) is 8.15. The molecule has 0 N–H and O–H groups in total. The number of hydrogen-bond acceptors (Lipinski definition) is 3. The van der Waals surface area contributed by atoms with Gasteiger partial charge in [0.05, 0.1) is 5.69 Å². The molecule has 0 saturated heterocycles. The van der Waals surface area contributed by atoms with E-state index in [2.05, 4.69) is 88.1 Å². The normalized spacial score (nSPS) is 12.2. The summed E-state index contributed by atoms with van der Waals surface area (Å²) in [6.45, 7) is 11.2. The highest BCUT2D eigenvalue weighted by Crippen LogP contribution is 2.36. The molecule has 3 aromatic heterocycles. The van der Waals surface area contributed by atoms with Crippen LogP contribution in [0, 0.1) is 5.92 Å². The Hall–Kier alpha value is -3.46. The molecule has 33 heavy (non-hydrogen) atoms. The Bertz CT molecular complexity index is 1450. The molecule has 0 atom stereocenters. The van der Waals surface area contributed by atoms with Crippen molar-refractivity contribution in [2.75, 3.05) is 0 Å². The smallest absolute Gasteiger partial charge is 0.156 e. The highest BCUT2D eigenvalue weighted by Gasteiger charge is 2.19. The van der Waals surface area contributed by atoms with Gasteiger partial charge in [-0.25, -0.2) is 0 Å². The molecule has 3 heteroatoms. The van der Waals surface area contributed by atoms with Crippen LogP contribution in [0.4, 0.5) is 0 Å². The van der Waals surface area contributed by atoms with Crippen molar-refractivity contribution in [3.63, 3.8) is 0 Å². The van der Waals surface area contributed by atoms with Gasteiger partial charge in [-0.2, -0.15) is 0 Å². The number of pyridine rings is 2. The Morgan fingerprint density at radius 3 is 2.45 bits per heavy atom. The molecule has 166 valence electrons. The molecule has 0 bridgehead atoms. The molecule has 0 amide bonds. The monoisotopic (exact) mass is 434 g/mol. The number of fused-ring (bicyclic) bond motifs is 2. The minimum atomic E-state index is 0.0325. The minimum Gasteiger partial charge on any atom is -0.462 e. The maximum Gasteiger partial charge on any atom is 0.156 e. The fourth-order valence-electron chi connectivity index (χ4n) is 4.63. The molecule has 0 aliphatic rings. The molecule has 0 unspecified atom stereocenters. The number of benzene rings is 2. The van der Waals surface area contributed by atoms with Gasteiger partial charge in [0.25, 0.3) is 0 Å². The number of furan rings is 1. The van der Waals surface area contributed by atoms with E-state index in [0.717, 1.165) is 39.9 Å². The highest BCUT2D eigenvalue weighted by atomic mass is 16.3. The first-order chi connectivity index (χ1) is 15.8. The van der Waals surface area contributed by atoms with Crippen LogP contribution < -0.4 is 0 Å². The van der Waals surface area contributed by atoms with Crippen LogP contribution in [-0.2, 0) is 11.8 Å². The zero-order valence-electron chi connectivity index (χ0n) is 20.0. The summed E-state index contributed by atoms with van der Waals surface area (Å²) in [5, 5.41) is 2.54. The van der Waals surface area contributed by atoms with Crippen LogP contribution in [0.15, 0.2) is 77.7 Å². The third kappa shape index (κ3) is 4.04. The van der Waals surface area contributed by atoms with Crippen LogP contribution in [0.3, 0.4) is 0 Å². The molecule has 3 heterocycles. The average Bonchev–Trinajstić information content (AvgIpc) is 3.23. The lowest BCUT2D eigenvalue weighted by Gasteiger charge is -2.22. The van der Waals surface area contributed by atoms with E-state index in [1.54, 1.807) is 0 Å². The molecule has 3 nitrogen and oxygen atoms in total. The summed E-state index contributed by atoms with van der Waals surface area (Å²) >= 11 is 0. The lowest BCUT2D eigenvalue weighted by molar-refractivity contribution is 0.595. The van der Waals surface area contributed by atoms with Crippen LogP contribution in [-0.4, -0.2) is 9.97 Å². The lowest BCUT2D eigenvalue weighted by Crippen LogP contribution is -2.12. The van der Waals surface area contributed by atoms with Crippen molar-refractivity contribution in [1.29, 1.82) is 0 Å². The van der Waals surface area contributed by atoms with E-state index in [-0.39, 0.29) is 5.41 Å². The Morgan fingerprint density at radius 1 is 0.879 bits per heavy atom. The predicted octanol–water partition coefficient (Wildman–Crippen LogP) is 8.21. The van der Waals surface area contributed by atoms with Gasteiger partial charge < -0.3 is 4.42 Å². The van der Waals surface area contributed by atoms with Crippen LogP contribution in [0.1, 0.15) is 45.7 Å². The quantitative estimate of drug-likeness (QED) is 0.286. The topological polar surface area (TPSA) is 38.9 Å². The van der Waals surface area contributed by atoms with E-state index in [0.29, 0.717) is 5.92 Å². The van der Waals surface area contributed by atoms with Crippen LogP contribution in [0.2, 0.25) is 0 Å². The Labute approximate surface area is 195 Å². The number of nitrogens with zero attached hydrogens (tertiary/aromatic N) is 2. The van der Waals surface area contributed by atoms with Crippen molar-refractivity contribution < 1.29 is 4.42 Å². The molecule has 0 saturated carbocycles. The van der Waals surface area contributed by atoms with Gasteiger partial charge in [-0.05, 0) is 75.5 Å². The molecule has 5 rings (SSSR count). The number of hydrogen-bond donors (Lipinski definition) is 0. The summed E-state index contributed by atoms with van der Waals surface area (Å²) in [5.74, 6) is 0.557. The molecular weight excluding hydrogens is 404 g/mol. The fraction of sp³-hybridized carbons (Fsp3) is 0.267. The molecule has 0 radical (unpaired) electrons. The van der Waals surface area contributed by atoms with Crippen molar-refractivity contribution in [2.45, 2.75) is 46.5 Å². The first-order valence-corrected chi connectivity index (χ1v) is 11.7. The lowest BCUT2D eigenvalue weighted by atomic mass is 9.82. The van der Waals surface area contributed by atoms with Crippen molar-refractivity contribution in [1.82, 2.24) is 9.97 Å². The standard InChI is InChI=1S/C30H30N2O/c1-19(2)14-22-11-13-32-28-25(18-33-29(22)28)21-10-12-31-27(17-21)23-15-20-8-6-7-9-24(20)26(16-23)30(3,4)5/h6-13,15-19H,14H2,1-5H3. The fourth-order valence-corrected chi connectivity index (χ4v) is 4.63. The van der Waals surface area contributed by atoms with Gasteiger partial charge >= 0.3 is 0 Å². The minimum absolute atomic E-state index is 0.0325. The second-order valence-electron chi connectivity index (χ2n) is 10.3. The average molecular weight is 435 g/mol. The van der Waals surface area contributed by atoms with Crippen molar-refractivity contribution in [3.8, 4) is 22.4 Å². The molecule has 2 aromatic carbocycles. The number of aromatic nitrogens is 2. The summed E-state index contributed by atoms with van der Waals surface area (Å²) in [4.78, 5) is 9.40. The molecular formula is C30H30N2O. The SMILES string of the molecule is CC(C)Cc1ccnc2c(-c3ccnc(-c4cc(C(C)(C)C)c5ccccc5c4)c3)coc12. The Kier molecular flexibility index (Phi) is 5.28. The highest BCUT2D eigenvalue weighted by molar-refractivity contribution is 5.94. The van der Waals surface area contributed by atoms with Crippen molar-refractivity contribution in [3.05, 3.63) is 84.4 Å². The van der Waals surface area contributed by atoms with Gasteiger partial charge in [0, 0.05) is 23.5 Å². The molecule has 0 aliphatic carbocycles. The largest absolute Gasteiger partial charge is 0.462 e. The third-order valence-corrected chi connectivity index (χ3v) is 6.20. The van der Waals surface area contributed by atoms with Crippen LogP contribution in [0.5, 0.6) is 0 Å². The third-order valence-electron chi connectivity index (χ3n) is 6.20. The van der Waals surface area contributed by atoms with Gasteiger partial charge in [0.1, 0.15) is 11.8 Å². The summed E-state index contributed by atoms with van der Waals surface area (Å²) in [5.41, 5.74) is 8.54. The van der Waals surface area contributed by atoms with Gasteiger partial charge in [0.15, 0.2) is 5.58 Å². The molecule has 0 aliphatic heterocycles. The molecule has 0 spiro atoms. The zero-order chi connectivity index (χ0) is 23.2. The number of rotatable bonds is 4. The first-order valence-electron chi connectivity index (χ1n) is 11.7. The zero-order valence-corrected chi connectivity index (χ0v) is 20.0. The van der Waals surface area contributed by atoms with Gasteiger partial charge in [-0.1, -0.05) is 58.9 Å². The second-order valence-corrected chi connectivity index (χ2v) is 10.3. The predicted molar refractivity (Wildman–Crippen MR) is 137 cm³/mol. The summed E-state index contributed by atoms with van der Waals surface area (Å²) in [6.07, 6.45) is 6.58. The van der Waals surface area contributed by atoms with E-state index in [1.165, 1.54) is 21.9 Å². The van der Waals surface area contributed by atoms with E-state index in [4.69, 9.17) is 9.40 Å². The Balaban J connectivity index is 1.64. The van der Waals surface area contributed by atoms with Gasteiger partial charge in [-0.3, -0.25) is 9.97 Å². The van der Waals surface area contributed by atoms with Crippen LogP contribution >= 0.6 is 0 Å². The maximum absolute atomic E-state index is 6.02. The van der Waals surface area contributed by atoms with E-state index in [9.17, 15) is 0 Å². The Morgan fingerprint density at radius 2 is 1.67 bits per heavy atom. The summed E-state index contributed by atoms with van der Waals surface area (Å²) in [6, 6.07) is 19.4. The van der Waals surface area contributed by atoms with Gasteiger partial charge in [0.2, 0.25) is 0 Å².